The van der Waals surface area contributed by atoms with Crippen LogP contribution in [0.15, 0.2) is 36.5 Å². The highest BCUT2D eigenvalue weighted by molar-refractivity contribution is 7.17. The molecule has 0 N–H and O–H groups in total. The Balaban J connectivity index is 1.90. The van der Waals surface area contributed by atoms with E-state index in [-0.39, 0.29) is 5.97 Å². The van der Waals surface area contributed by atoms with Crippen LogP contribution in [0.4, 0.5) is 0 Å². The number of pyridine rings is 1. The van der Waals surface area contributed by atoms with Crippen LogP contribution < -0.4 is 4.74 Å². The Morgan fingerprint density at radius 1 is 1.08 bits per heavy atom. The molecule has 122 valence electrons. The molecule has 4 nitrogen and oxygen atoms in total. The van der Waals surface area contributed by atoms with E-state index in [2.05, 4.69) is 9.97 Å². The molecule has 0 aliphatic carbocycles. The Labute approximate surface area is 145 Å². The molecule has 1 aromatic carbocycles. The predicted octanol–water partition coefficient (Wildman–Crippen LogP) is 4.66. The van der Waals surface area contributed by atoms with Crippen molar-refractivity contribution >= 4 is 17.3 Å². The Bertz CT molecular complexity index is 878. The summed E-state index contributed by atoms with van der Waals surface area (Å²) in [4.78, 5) is 21.8. The average molecular weight is 338 g/mol. The molecule has 3 rings (SSSR count). The molecule has 2 aromatic heterocycles. The Morgan fingerprint density at radius 3 is 2.42 bits per heavy atom. The minimum Gasteiger partial charge on any atom is -0.422 e. The van der Waals surface area contributed by atoms with Crippen molar-refractivity contribution in [3.63, 3.8) is 0 Å². The molecule has 0 aliphatic heterocycles. The van der Waals surface area contributed by atoms with Gasteiger partial charge in [-0.25, -0.2) is 9.78 Å². The summed E-state index contributed by atoms with van der Waals surface area (Å²) in [6.07, 6.45) is 1.71. The average Bonchev–Trinajstić information content (AvgIpc) is 2.93. The van der Waals surface area contributed by atoms with Gasteiger partial charge in [-0.05, 0) is 51.0 Å². The number of esters is 1. The van der Waals surface area contributed by atoms with Crippen molar-refractivity contribution in [3.05, 3.63) is 63.8 Å². The number of rotatable bonds is 3. The summed E-state index contributed by atoms with van der Waals surface area (Å²) in [5, 5.41) is 0.720. The van der Waals surface area contributed by atoms with Crippen LogP contribution in [0.2, 0.25) is 0 Å². The molecule has 24 heavy (non-hydrogen) atoms. The summed E-state index contributed by atoms with van der Waals surface area (Å²) in [7, 11) is 0. The van der Waals surface area contributed by atoms with Gasteiger partial charge < -0.3 is 4.74 Å². The number of ether oxygens (including phenoxy) is 1. The van der Waals surface area contributed by atoms with Crippen LogP contribution in [0.25, 0.3) is 10.7 Å². The van der Waals surface area contributed by atoms with Crippen molar-refractivity contribution in [2.45, 2.75) is 27.7 Å². The molecule has 2 heterocycles. The zero-order valence-electron chi connectivity index (χ0n) is 14.1. The van der Waals surface area contributed by atoms with E-state index in [9.17, 15) is 4.79 Å². The third-order valence-electron chi connectivity index (χ3n) is 3.67. The van der Waals surface area contributed by atoms with Gasteiger partial charge in [0.25, 0.3) is 0 Å². The molecule has 0 amide bonds. The van der Waals surface area contributed by atoms with E-state index in [0.29, 0.717) is 16.3 Å². The molecule has 0 bridgehead atoms. The summed E-state index contributed by atoms with van der Waals surface area (Å²) in [5.74, 6) is 0.250. The molecule has 0 spiro atoms. The van der Waals surface area contributed by atoms with Gasteiger partial charge in [0.15, 0.2) is 0 Å². The molecule has 0 fully saturated rings. The van der Waals surface area contributed by atoms with Crippen LogP contribution >= 0.6 is 11.3 Å². The third kappa shape index (κ3) is 3.21. The van der Waals surface area contributed by atoms with Crippen LogP contribution in [0, 0.1) is 27.7 Å². The summed E-state index contributed by atoms with van der Waals surface area (Å²) < 4.78 is 5.66. The van der Waals surface area contributed by atoms with Crippen molar-refractivity contribution in [1.82, 2.24) is 9.97 Å². The number of hydrogen-bond acceptors (Lipinski definition) is 5. The lowest BCUT2D eigenvalue weighted by molar-refractivity contribution is 0.0736. The fourth-order valence-corrected chi connectivity index (χ4v) is 3.57. The standard InChI is InChI=1S/C19H18N2O2S/c1-11-9-12(2)16(13(3)10-11)23-19(22)17-14(4)21-18(24-17)15-7-5-6-8-20-15/h5-10H,1-4H3. The first kappa shape index (κ1) is 16.3. The van der Waals surface area contributed by atoms with Gasteiger partial charge in [-0.15, -0.1) is 11.3 Å². The monoisotopic (exact) mass is 338 g/mol. The Kier molecular flexibility index (Phi) is 4.44. The highest BCUT2D eigenvalue weighted by Crippen LogP contribution is 2.30. The van der Waals surface area contributed by atoms with E-state index in [4.69, 9.17) is 4.74 Å². The number of carbonyl (C=O) groups is 1. The Hall–Kier alpha value is -2.53. The number of aryl methyl sites for hydroxylation is 4. The molecule has 0 radical (unpaired) electrons. The SMILES string of the molecule is Cc1cc(C)c(OC(=O)c2sc(-c3ccccn3)nc2C)c(C)c1. The molecule has 5 heteroatoms. The minimum atomic E-state index is -0.373. The second-order valence-electron chi connectivity index (χ2n) is 5.77. The van der Waals surface area contributed by atoms with Gasteiger partial charge in [0.1, 0.15) is 15.6 Å². The fourth-order valence-electron chi connectivity index (χ4n) is 2.65. The molecular formula is C19H18N2O2S. The second-order valence-corrected chi connectivity index (χ2v) is 6.76. The van der Waals surface area contributed by atoms with E-state index >= 15 is 0 Å². The van der Waals surface area contributed by atoms with E-state index in [0.717, 1.165) is 27.4 Å². The first-order valence-electron chi connectivity index (χ1n) is 7.64. The van der Waals surface area contributed by atoms with Crippen LogP contribution in [-0.4, -0.2) is 15.9 Å². The largest absolute Gasteiger partial charge is 0.422 e. The van der Waals surface area contributed by atoms with Crippen molar-refractivity contribution in [3.8, 4) is 16.5 Å². The van der Waals surface area contributed by atoms with Gasteiger partial charge in [0.05, 0.1) is 11.4 Å². The highest BCUT2D eigenvalue weighted by atomic mass is 32.1. The highest BCUT2D eigenvalue weighted by Gasteiger charge is 2.20. The van der Waals surface area contributed by atoms with Gasteiger partial charge in [0, 0.05) is 6.20 Å². The lowest BCUT2D eigenvalue weighted by Crippen LogP contribution is -2.10. The number of carbonyl (C=O) groups excluding carboxylic acids is 1. The van der Waals surface area contributed by atoms with Gasteiger partial charge in [-0.1, -0.05) is 23.8 Å². The first-order chi connectivity index (χ1) is 11.5. The number of benzene rings is 1. The summed E-state index contributed by atoms with van der Waals surface area (Å²) >= 11 is 1.31. The molecule has 0 saturated carbocycles. The smallest absolute Gasteiger partial charge is 0.355 e. The minimum absolute atomic E-state index is 0.373. The lowest BCUT2D eigenvalue weighted by Gasteiger charge is -2.11. The maximum atomic E-state index is 12.6. The molecule has 0 atom stereocenters. The quantitative estimate of drug-likeness (QED) is 0.515. The maximum Gasteiger partial charge on any atom is 0.355 e. The van der Waals surface area contributed by atoms with E-state index in [1.165, 1.54) is 11.3 Å². The van der Waals surface area contributed by atoms with Gasteiger partial charge in [0.2, 0.25) is 0 Å². The molecule has 0 saturated heterocycles. The number of thiazole rings is 1. The van der Waals surface area contributed by atoms with Crippen LogP contribution in [0.5, 0.6) is 5.75 Å². The third-order valence-corrected chi connectivity index (χ3v) is 4.83. The lowest BCUT2D eigenvalue weighted by atomic mass is 10.1. The number of nitrogens with zero attached hydrogens (tertiary/aromatic N) is 2. The van der Waals surface area contributed by atoms with E-state index in [1.54, 1.807) is 6.20 Å². The van der Waals surface area contributed by atoms with Crippen molar-refractivity contribution < 1.29 is 9.53 Å². The van der Waals surface area contributed by atoms with E-state index in [1.807, 2.05) is 58.0 Å². The zero-order valence-corrected chi connectivity index (χ0v) is 14.9. The number of aromatic nitrogens is 2. The first-order valence-corrected chi connectivity index (χ1v) is 8.46. The van der Waals surface area contributed by atoms with Crippen molar-refractivity contribution in [1.29, 1.82) is 0 Å². The summed E-state index contributed by atoms with van der Waals surface area (Å²) in [5.41, 5.74) is 4.47. The van der Waals surface area contributed by atoms with Gasteiger partial charge >= 0.3 is 5.97 Å². The van der Waals surface area contributed by atoms with Crippen molar-refractivity contribution in [2.24, 2.45) is 0 Å². The van der Waals surface area contributed by atoms with Gasteiger partial charge in [-0.3, -0.25) is 4.98 Å². The van der Waals surface area contributed by atoms with Crippen LogP contribution in [0.3, 0.4) is 0 Å². The van der Waals surface area contributed by atoms with Crippen LogP contribution in [-0.2, 0) is 0 Å². The predicted molar refractivity (Wildman–Crippen MR) is 95.7 cm³/mol. The summed E-state index contributed by atoms with van der Waals surface area (Å²) in [6.45, 7) is 7.73. The fraction of sp³-hybridized carbons (Fsp3) is 0.211. The topological polar surface area (TPSA) is 52.1 Å². The summed E-state index contributed by atoms with van der Waals surface area (Å²) in [6, 6.07) is 9.64. The number of hydrogen-bond donors (Lipinski definition) is 0. The molecular weight excluding hydrogens is 320 g/mol. The van der Waals surface area contributed by atoms with E-state index < -0.39 is 0 Å². The zero-order chi connectivity index (χ0) is 17.3. The van der Waals surface area contributed by atoms with Crippen LogP contribution in [0.1, 0.15) is 32.1 Å². The Morgan fingerprint density at radius 2 is 1.79 bits per heavy atom. The molecule has 0 unspecified atom stereocenters. The maximum absolute atomic E-state index is 12.6. The second kappa shape index (κ2) is 6.53. The van der Waals surface area contributed by atoms with Gasteiger partial charge in [-0.2, -0.15) is 0 Å². The normalized spacial score (nSPS) is 10.7. The molecule has 0 aliphatic rings. The van der Waals surface area contributed by atoms with Crippen molar-refractivity contribution in [2.75, 3.05) is 0 Å². The molecule has 3 aromatic rings.